The number of hydrogen-bond donors (Lipinski definition) is 1. The summed E-state index contributed by atoms with van der Waals surface area (Å²) in [4.78, 5) is 11.9. The third kappa shape index (κ3) is 4.80. The molecule has 5 nitrogen and oxygen atoms in total. The van der Waals surface area contributed by atoms with Crippen molar-refractivity contribution in [3.8, 4) is 0 Å². The summed E-state index contributed by atoms with van der Waals surface area (Å²) in [6.45, 7) is 3.42. The molecule has 1 N–H and O–H groups in total. The standard InChI is InChI=1S/C18H20INO4S/c1-13(2)17(18(21)22)20(12-14-6-4-3-5-7-14)25(23,24)16-10-8-15(19)9-11-16/h3-11,13,17H,12H2,1-2H3,(H,21,22)/t17-/m0/s1. The Labute approximate surface area is 161 Å². The van der Waals surface area contributed by atoms with Gasteiger partial charge in [0, 0.05) is 10.1 Å². The van der Waals surface area contributed by atoms with Crippen LogP contribution < -0.4 is 0 Å². The Hall–Kier alpha value is -1.45. The third-order valence-corrected chi connectivity index (χ3v) is 6.36. The van der Waals surface area contributed by atoms with E-state index in [0.717, 1.165) is 13.4 Å². The molecule has 0 aromatic heterocycles. The first-order chi connectivity index (χ1) is 11.7. The summed E-state index contributed by atoms with van der Waals surface area (Å²) in [7, 11) is -3.96. The molecule has 0 saturated carbocycles. The van der Waals surface area contributed by atoms with Gasteiger partial charge in [0.15, 0.2) is 0 Å². The van der Waals surface area contributed by atoms with Crippen LogP contribution >= 0.6 is 22.6 Å². The second-order valence-corrected chi connectivity index (χ2v) is 9.15. The maximum Gasteiger partial charge on any atom is 0.322 e. The van der Waals surface area contributed by atoms with Gasteiger partial charge in [-0.2, -0.15) is 4.31 Å². The molecule has 0 spiro atoms. The lowest BCUT2D eigenvalue weighted by Gasteiger charge is -2.30. The van der Waals surface area contributed by atoms with Crippen LogP contribution in [0.3, 0.4) is 0 Å². The smallest absolute Gasteiger partial charge is 0.322 e. The van der Waals surface area contributed by atoms with Gasteiger partial charge in [-0.05, 0) is 58.3 Å². The van der Waals surface area contributed by atoms with Crippen molar-refractivity contribution in [2.75, 3.05) is 0 Å². The third-order valence-electron chi connectivity index (χ3n) is 3.80. The van der Waals surface area contributed by atoms with Crippen LogP contribution in [0, 0.1) is 9.49 Å². The summed E-state index contributed by atoms with van der Waals surface area (Å²) in [5.41, 5.74) is 0.739. The average Bonchev–Trinajstić information content (AvgIpc) is 2.55. The van der Waals surface area contributed by atoms with Crippen LogP contribution in [0.1, 0.15) is 19.4 Å². The largest absolute Gasteiger partial charge is 0.480 e. The second kappa shape index (κ2) is 8.29. The van der Waals surface area contributed by atoms with Crippen molar-refractivity contribution < 1.29 is 18.3 Å². The molecule has 0 heterocycles. The molecular weight excluding hydrogens is 453 g/mol. The van der Waals surface area contributed by atoms with Crippen LogP contribution in [0.25, 0.3) is 0 Å². The lowest BCUT2D eigenvalue weighted by atomic mass is 10.0. The zero-order valence-electron chi connectivity index (χ0n) is 14.0. The van der Waals surface area contributed by atoms with E-state index >= 15 is 0 Å². The van der Waals surface area contributed by atoms with Crippen LogP contribution in [0.2, 0.25) is 0 Å². The minimum Gasteiger partial charge on any atom is -0.480 e. The van der Waals surface area contributed by atoms with Gasteiger partial charge in [0.1, 0.15) is 6.04 Å². The quantitative estimate of drug-likeness (QED) is 0.624. The molecule has 0 radical (unpaired) electrons. The Balaban J connectivity index is 2.52. The molecule has 0 aliphatic carbocycles. The van der Waals surface area contributed by atoms with E-state index in [4.69, 9.17) is 0 Å². The second-order valence-electron chi connectivity index (χ2n) is 6.02. The van der Waals surface area contributed by atoms with Crippen molar-refractivity contribution in [3.05, 3.63) is 63.7 Å². The van der Waals surface area contributed by atoms with Crippen LogP contribution in [0.4, 0.5) is 0 Å². The molecule has 1 atom stereocenters. The minimum atomic E-state index is -3.96. The van der Waals surface area contributed by atoms with E-state index in [1.165, 1.54) is 12.1 Å². The van der Waals surface area contributed by atoms with Gasteiger partial charge in [-0.1, -0.05) is 44.2 Å². The predicted octanol–water partition coefficient (Wildman–Crippen LogP) is 3.59. The number of halogens is 1. The fraction of sp³-hybridized carbons (Fsp3) is 0.278. The van der Waals surface area contributed by atoms with Crippen LogP contribution in [0.15, 0.2) is 59.5 Å². The Morgan fingerprint density at radius 3 is 2.12 bits per heavy atom. The van der Waals surface area contributed by atoms with E-state index < -0.39 is 22.0 Å². The number of carbonyl (C=O) groups is 1. The van der Waals surface area contributed by atoms with Gasteiger partial charge in [-0.3, -0.25) is 4.79 Å². The number of aliphatic carboxylic acids is 1. The molecule has 2 rings (SSSR count). The zero-order chi connectivity index (χ0) is 18.6. The predicted molar refractivity (Wildman–Crippen MR) is 105 cm³/mol. The summed E-state index contributed by atoms with van der Waals surface area (Å²) >= 11 is 2.09. The van der Waals surface area contributed by atoms with E-state index in [1.807, 2.05) is 6.07 Å². The molecule has 2 aromatic carbocycles. The highest BCUT2D eigenvalue weighted by Gasteiger charge is 2.37. The Morgan fingerprint density at radius 1 is 1.08 bits per heavy atom. The molecule has 25 heavy (non-hydrogen) atoms. The van der Waals surface area contributed by atoms with Crippen molar-refractivity contribution >= 4 is 38.6 Å². The molecule has 0 unspecified atom stereocenters. The topological polar surface area (TPSA) is 74.7 Å². The van der Waals surface area contributed by atoms with Gasteiger partial charge in [0.05, 0.1) is 4.90 Å². The summed E-state index contributed by atoms with van der Waals surface area (Å²) in [5, 5.41) is 9.64. The molecule has 7 heteroatoms. The molecular formula is C18H20INO4S. The van der Waals surface area contributed by atoms with Gasteiger partial charge >= 0.3 is 5.97 Å². The summed E-state index contributed by atoms with van der Waals surface area (Å²) < 4.78 is 28.3. The highest BCUT2D eigenvalue weighted by atomic mass is 127. The molecule has 134 valence electrons. The number of hydrogen-bond acceptors (Lipinski definition) is 3. The van der Waals surface area contributed by atoms with E-state index in [1.54, 1.807) is 50.2 Å². The summed E-state index contributed by atoms with van der Waals surface area (Å²) in [6.07, 6.45) is 0. The van der Waals surface area contributed by atoms with Crippen molar-refractivity contribution in [1.29, 1.82) is 0 Å². The minimum absolute atomic E-state index is 0.00427. The fourth-order valence-corrected chi connectivity index (χ4v) is 4.64. The highest BCUT2D eigenvalue weighted by Crippen LogP contribution is 2.25. The molecule has 0 aliphatic heterocycles. The fourth-order valence-electron chi connectivity index (χ4n) is 2.58. The first-order valence-corrected chi connectivity index (χ1v) is 10.3. The maximum atomic E-state index is 13.2. The number of nitrogens with zero attached hydrogens (tertiary/aromatic N) is 1. The van der Waals surface area contributed by atoms with E-state index in [9.17, 15) is 18.3 Å². The lowest BCUT2D eigenvalue weighted by Crippen LogP contribution is -2.47. The van der Waals surface area contributed by atoms with Crippen molar-refractivity contribution in [1.82, 2.24) is 4.31 Å². The molecule has 0 aliphatic rings. The van der Waals surface area contributed by atoms with Crippen LogP contribution in [0.5, 0.6) is 0 Å². The molecule has 0 fully saturated rings. The first kappa shape index (κ1) is 19.9. The number of carboxylic acids is 1. The van der Waals surface area contributed by atoms with E-state index in [0.29, 0.717) is 0 Å². The van der Waals surface area contributed by atoms with Crippen molar-refractivity contribution in [3.63, 3.8) is 0 Å². The number of sulfonamides is 1. The monoisotopic (exact) mass is 473 g/mol. The Morgan fingerprint density at radius 2 is 1.64 bits per heavy atom. The maximum absolute atomic E-state index is 13.2. The van der Waals surface area contributed by atoms with Gasteiger partial charge in [-0.15, -0.1) is 0 Å². The summed E-state index contributed by atoms with van der Waals surface area (Å²) in [6, 6.07) is 14.3. The highest BCUT2D eigenvalue weighted by molar-refractivity contribution is 14.1. The SMILES string of the molecule is CC(C)[C@@H](C(=O)O)N(Cc1ccccc1)S(=O)(=O)c1ccc(I)cc1. The molecule has 2 aromatic rings. The number of benzene rings is 2. The first-order valence-electron chi connectivity index (χ1n) is 7.77. The average molecular weight is 473 g/mol. The normalized spacial score (nSPS) is 13.2. The number of carboxylic acid groups (broad SMARTS) is 1. The Kier molecular flexibility index (Phi) is 6.59. The van der Waals surface area contributed by atoms with Crippen LogP contribution in [-0.4, -0.2) is 29.8 Å². The molecule has 0 amide bonds. The van der Waals surface area contributed by atoms with E-state index in [-0.39, 0.29) is 17.4 Å². The van der Waals surface area contributed by atoms with Crippen molar-refractivity contribution in [2.24, 2.45) is 5.92 Å². The van der Waals surface area contributed by atoms with Crippen molar-refractivity contribution in [2.45, 2.75) is 31.3 Å². The van der Waals surface area contributed by atoms with Gasteiger partial charge < -0.3 is 5.11 Å². The van der Waals surface area contributed by atoms with Crippen LogP contribution in [-0.2, 0) is 21.4 Å². The Bertz CT molecular complexity index is 820. The van der Waals surface area contributed by atoms with Gasteiger partial charge in [0.25, 0.3) is 0 Å². The van der Waals surface area contributed by atoms with Gasteiger partial charge in [-0.25, -0.2) is 8.42 Å². The molecule has 0 saturated heterocycles. The zero-order valence-corrected chi connectivity index (χ0v) is 16.9. The van der Waals surface area contributed by atoms with E-state index in [2.05, 4.69) is 22.6 Å². The number of rotatable bonds is 7. The molecule has 0 bridgehead atoms. The van der Waals surface area contributed by atoms with Gasteiger partial charge in [0.2, 0.25) is 10.0 Å². The lowest BCUT2D eigenvalue weighted by molar-refractivity contribution is -0.143. The summed E-state index contributed by atoms with van der Waals surface area (Å²) in [5.74, 6) is -1.53.